The van der Waals surface area contributed by atoms with Crippen LogP contribution in [0.15, 0.2) is 71.8 Å². The number of benzene rings is 3. The monoisotopic (exact) mass is 476 g/mol. The minimum absolute atomic E-state index is 0.150. The van der Waals surface area contributed by atoms with E-state index in [4.69, 9.17) is 21.1 Å². The molecule has 0 aliphatic rings. The van der Waals surface area contributed by atoms with E-state index in [0.29, 0.717) is 35.3 Å². The predicted octanol–water partition coefficient (Wildman–Crippen LogP) is 6.10. The molecule has 0 saturated heterocycles. The van der Waals surface area contributed by atoms with Gasteiger partial charge in [0.2, 0.25) is 0 Å². The summed E-state index contributed by atoms with van der Waals surface area (Å²) in [4.78, 5) is 12.1. The Labute approximate surface area is 193 Å². The van der Waals surface area contributed by atoms with Gasteiger partial charge in [0.05, 0.1) is 18.4 Å². The smallest absolute Gasteiger partial charge is 0.416 e. The molecule has 1 N–H and O–H groups in total. The Morgan fingerprint density at radius 1 is 1.03 bits per heavy atom. The Hall–Kier alpha value is -3.52. The number of hydrogen-bond acceptors (Lipinski definition) is 4. The third-order valence-electron chi connectivity index (χ3n) is 4.41. The molecule has 33 heavy (non-hydrogen) atoms. The van der Waals surface area contributed by atoms with E-state index in [2.05, 4.69) is 10.5 Å². The molecule has 0 bridgehead atoms. The molecule has 172 valence electrons. The predicted molar refractivity (Wildman–Crippen MR) is 120 cm³/mol. The van der Waals surface area contributed by atoms with Gasteiger partial charge in [-0.1, -0.05) is 29.8 Å². The van der Waals surface area contributed by atoms with Gasteiger partial charge in [0.15, 0.2) is 11.5 Å². The van der Waals surface area contributed by atoms with Crippen LogP contribution in [0.1, 0.15) is 34.0 Å². The molecule has 3 aromatic rings. The number of hydrazone groups is 1. The Kier molecular flexibility index (Phi) is 7.95. The lowest BCUT2D eigenvalue weighted by Crippen LogP contribution is -2.18. The summed E-state index contributed by atoms with van der Waals surface area (Å²) in [6.07, 6.45) is -3.18. The second kappa shape index (κ2) is 10.9. The van der Waals surface area contributed by atoms with Crippen molar-refractivity contribution in [2.45, 2.75) is 19.7 Å². The first-order valence-electron chi connectivity index (χ1n) is 9.91. The topological polar surface area (TPSA) is 59.9 Å². The van der Waals surface area contributed by atoms with Gasteiger partial charge in [-0.3, -0.25) is 4.79 Å². The molecular formula is C24H20ClF3N2O3. The fourth-order valence-corrected chi connectivity index (χ4v) is 2.93. The number of nitrogens with one attached hydrogen (secondary N) is 1. The molecule has 0 fully saturated rings. The molecule has 1 amide bonds. The summed E-state index contributed by atoms with van der Waals surface area (Å²) in [5, 5.41) is 4.46. The lowest BCUT2D eigenvalue weighted by atomic mass is 10.1. The summed E-state index contributed by atoms with van der Waals surface area (Å²) in [5.41, 5.74) is 2.70. The molecule has 0 aromatic heterocycles. The van der Waals surface area contributed by atoms with E-state index in [9.17, 15) is 18.0 Å². The van der Waals surface area contributed by atoms with E-state index in [1.807, 2.05) is 19.1 Å². The van der Waals surface area contributed by atoms with Crippen LogP contribution in [0.25, 0.3) is 0 Å². The molecular weight excluding hydrogens is 457 g/mol. The highest BCUT2D eigenvalue weighted by molar-refractivity contribution is 6.30. The maximum absolute atomic E-state index is 12.8. The third-order valence-corrected chi connectivity index (χ3v) is 4.66. The van der Waals surface area contributed by atoms with Crippen LogP contribution in [0.4, 0.5) is 13.2 Å². The molecule has 0 aliphatic carbocycles. The standard InChI is InChI=1S/C24H20ClF3N2O3/c1-2-32-22-12-17(8-11-21(22)33-15-16-6-9-20(25)10-7-16)14-29-30-23(31)18-4-3-5-19(13-18)24(26,27)28/h3-14H,2,15H2,1H3,(H,30,31)/b29-14-. The van der Waals surface area contributed by atoms with Crippen molar-refractivity contribution in [1.82, 2.24) is 5.43 Å². The molecule has 3 aromatic carbocycles. The lowest BCUT2D eigenvalue weighted by Gasteiger charge is -2.12. The van der Waals surface area contributed by atoms with Gasteiger partial charge in [-0.05, 0) is 66.6 Å². The fraction of sp³-hybridized carbons (Fsp3) is 0.167. The molecule has 9 heteroatoms. The fourth-order valence-electron chi connectivity index (χ4n) is 2.80. The molecule has 3 rings (SSSR count). The van der Waals surface area contributed by atoms with Crippen LogP contribution in [0.5, 0.6) is 11.5 Å². The van der Waals surface area contributed by atoms with Crippen molar-refractivity contribution >= 4 is 23.7 Å². The summed E-state index contributed by atoms with van der Waals surface area (Å²) < 4.78 is 49.9. The highest BCUT2D eigenvalue weighted by Gasteiger charge is 2.30. The first-order valence-corrected chi connectivity index (χ1v) is 10.3. The zero-order valence-electron chi connectivity index (χ0n) is 17.5. The van der Waals surface area contributed by atoms with Gasteiger partial charge in [-0.25, -0.2) is 5.43 Å². The number of rotatable bonds is 8. The van der Waals surface area contributed by atoms with Gasteiger partial charge in [-0.2, -0.15) is 18.3 Å². The number of carbonyl (C=O) groups excluding carboxylic acids is 1. The third kappa shape index (κ3) is 6.98. The van der Waals surface area contributed by atoms with Crippen LogP contribution in [0, 0.1) is 0 Å². The molecule has 5 nitrogen and oxygen atoms in total. The van der Waals surface area contributed by atoms with E-state index in [1.54, 1.807) is 30.3 Å². The van der Waals surface area contributed by atoms with Gasteiger partial charge >= 0.3 is 6.18 Å². The molecule has 0 unspecified atom stereocenters. The first kappa shape index (κ1) is 24.1. The van der Waals surface area contributed by atoms with Crippen LogP contribution in [-0.4, -0.2) is 18.7 Å². The van der Waals surface area contributed by atoms with Crippen LogP contribution in [0.2, 0.25) is 5.02 Å². The average Bonchev–Trinajstić information content (AvgIpc) is 2.79. The van der Waals surface area contributed by atoms with Crippen molar-refractivity contribution in [3.8, 4) is 11.5 Å². The summed E-state index contributed by atoms with van der Waals surface area (Å²) in [6.45, 7) is 2.56. The maximum atomic E-state index is 12.8. The Balaban J connectivity index is 1.66. The van der Waals surface area contributed by atoms with Crippen molar-refractivity contribution in [2.24, 2.45) is 5.10 Å². The number of halogens is 4. The first-order chi connectivity index (χ1) is 15.8. The Morgan fingerprint density at radius 2 is 1.79 bits per heavy atom. The number of nitrogens with zero attached hydrogens (tertiary/aromatic N) is 1. The van der Waals surface area contributed by atoms with Gasteiger partial charge in [0.1, 0.15) is 6.61 Å². The normalized spacial score (nSPS) is 11.4. The zero-order valence-corrected chi connectivity index (χ0v) is 18.3. The molecule has 0 spiro atoms. The van der Waals surface area contributed by atoms with Crippen LogP contribution >= 0.6 is 11.6 Å². The molecule has 0 radical (unpaired) electrons. The zero-order chi connectivity index (χ0) is 23.8. The minimum Gasteiger partial charge on any atom is -0.490 e. The van der Waals surface area contributed by atoms with Gasteiger partial charge in [0.25, 0.3) is 5.91 Å². The van der Waals surface area contributed by atoms with Crippen LogP contribution in [-0.2, 0) is 12.8 Å². The summed E-state index contributed by atoms with van der Waals surface area (Å²) in [5.74, 6) is 0.252. The largest absolute Gasteiger partial charge is 0.490 e. The summed E-state index contributed by atoms with van der Waals surface area (Å²) >= 11 is 5.89. The summed E-state index contributed by atoms with van der Waals surface area (Å²) in [7, 11) is 0. The maximum Gasteiger partial charge on any atom is 0.416 e. The average molecular weight is 477 g/mol. The van der Waals surface area contributed by atoms with Crippen molar-refractivity contribution in [1.29, 1.82) is 0 Å². The number of alkyl halides is 3. The van der Waals surface area contributed by atoms with Crippen molar-refractivity contribution < 1.29 is 27.4 Å². The molecule has 0 aliphatic heterocycles. The SMILES string of the molecule is CCOc1cc(/C=N\NC(=O)c2cccc(C(F)(F)F)c2)ccc1OCc1ccc(Cl)cc1. The van der Waals surface area contributed by atoms with Crippen LogP contribution in [0.3, 0.4) is 0 Å². The Bertz CT molecular complexity index is 1130. The van der Waals surface area contributed by atoms with Crippen LogP contribution < -0.4 is 14.9 Å². The quantitative estimate of drug-likeness (QED) is 0.315. The van der Waals surface area contributed by atoms with Gasteiger partial charge in [-0.15, -0.1) is 0 Å². The van der Waals surface area contributed by atoms with E-state index in [-0.39, 0.29) is 5.56 Å². The van der Waals surface area contributed by atoms with Gasteiger partial charge in [0, 0.05) is 10.6 Å². The molecule has 0 atom stereocenters. The second-order valence-corrected chi connectivity index (χ2v) is 7.27. The minimum atomic E-state index is -4.54. The second-order valence-electron chi connectivity index (χ2n) is 6.83. The Morgan fingerprint density at radius 3 is 2.48 bits per heavy atom. The van der Waals surface area contributed by atoms with E-state index < -0.39 is 17.6 Å². The van der Waals surface area contributed by atoms with Crippen molar-refractivity contribution in [2.75, 3.05) is 6.61 Å². The van der Waals surface area contributed by atoms with E-state index in [1.165, 1.54) is 18.3 Å². The highest BCUT2D eigenvalue weighted by Crippen LogP contribution is 2.30. The van der Waals surface area contributed by atoms with Gasteiger partial charge < -0.3 is 9.47 Å². The van der Waals surface area contributed by atoms with E-state index >= 15 is 0 Å². The van der Waals surface area contributed by atoms with Crippen molar-refractivity contribution in [3.05, 3.63) is 94.0 Å². The number of carbonyl (C=O) groups is 1. The number of ether oxygens (including phenoxy) is 2. The van der Waals surface area contributed by atoms with Crippen molar-refractivity contribution in [3.63, 3.8) is 0 Å². The lowest BCUT2D eigenvalue weighted by molar-refractivity contribution is -0.137. The molecule has 0 heterocycles. The number of hydrogen-bond donors (Lipinski definition) is 1. The van der Waals surface area contributed by atoms with E-state index in [0.717, 1.165) is 17.7 Å². The highest BCUT2D eigenvalue weighted by atomic mass is 35.5. The number of amides is 1. The molecule has 0 saturated carbocycles. The summed E-state index contributed by atoms with van der Waals surface area (Å²) in [6, 6.07) is 16.5.